The first-order chi connectivity index (χ1) is 9.56. The average Bonchev–Trinajstić information content (AvgIpc) is 2.44. The van der Waals surface area contributed by atoms with Crippen molar-refractivity contribution >= 4 is 11.5 Å². The predicted molar refractivity (Wildman–Crippen MR) is 84.5 cm³/mol. The first-order valence-corrected chi connectivity index (χ1v) is 6.97. The van der Waals surface area contributed by atoms with Gasteiger partial charge in [0.1, 0.15) is 0 Å². The Morgan fingerprint density at radius 3 is 2.30 bits per heavy atom. The Bertz CT molecular complexity index is 599. The van der Waals surface area contributed by atoms with Crippen LogP contribution in [0.3, 0.4) is 0 Å². The number of ketones is 1. The lowest BCUT2D eigenvalue weighted by atomic mass is 10.0. The minimum atomic E-state index is 0.188. The molecule has 2 rings (SSSR count). The molecule has 2 aromatic rings. The summed E-state index contributed by atoms with van der Waals surface area (Å²) in [7, 11) is 0. The van der Waals surface area contributed by atoms with Gasteiger partial charge in [-0.15, -0.1) is 0 Å². The van der Waals surface area contributed by atoms with E-state index >= 15 is 0 Å². The largest absolute Gasteiger partial charge is 0.385 e. The second-order valence-electron chi connectivity index (χ2n) is 5.27. The Labute approximate surface area is 120 Å². The lowest BCUT2D eigenvalue weighted by molar-refractivity contribution is 0.0986. The summed E-state index contributed by atoms with van der Waals surface area (Å²) in [5.41, 5.74) is 5.49. The van der Waals surface area contributed by atoms with Gasteiger partial charge in [0.2, 0.25) is 0 Å². The normalized spacial score (nSPS) is 10.3. The summed E-state index contributed by atoms with van der Waals surface area (Å²) in [5.74, 6) is 0.188. The molecule has 0 aliphatic carbocycles. The summed E-state index contributed by atoms with van der Waals surface area (Å²) in [4.78, 5) is 12.1. The predicted octanol–water partition coefficient (Wildman–Crippen LogP) is 4.30. The van der Waals surface area contributed by atoms with Gasteiger partial charge >= 0.3 is 0 Å². The molecule has 0 aromatic heterocycles. The third-order valence-corrected chi connectivity index (χ3v) is 3.56. The number of benzene rings is 2. The average molecular weight is 267 g/mol. The molecule has 0 unspecified atom stereocenters. The maximum atomic E-state index is 12.1. The molecule has 0 aliphatic rings. The second kappa shape index (κ2) is 6.38. The van der Waals surface area contributed by atoms with E-state index in [-0.39, 0.29) is 5.78 Å². The highest BCUT2D eigenvalue weighted by Gasteiger charge is 2.06. The molecule has 0 amide bonds. The minimum Gasteiger partial charge on any atom is -0.385 e. The number of nitrogens with one attached hydrogen (secondary N) is 1. The molecule has 1 N–H and O–H groups in total. The van der Waals surface area contributed by atoms with Gasteiger partial charge in [-0.05, 0) is 50.1 Å². The van der Waals surface area contributed by atoms with E-state index in [9.17, 15) is 4.79 Å². The Kier molecular flexibility index (Phi) is 4.57. The molecule has 0 spiro atoms. The lowest BCUT2D eigenvalue weighted by Crippen LogP contribution is -2.09. The summed E-state index contributed by atoms with van der Waals surface area (Å²) >= 11 is 0. The van der Waals surface area contributed by atoms with E-state index in [4.69, 9.17) is 0 Å². The maximum Gasteiger partial charge on any atom is 0.164 e. The lowest BCUT2D eigenvalue weighted by Gasteiger charge is -2.07. The number of carbonyl (C=O) groups excluding carboxylic acids is 1. The molecule has 0 bridgehead atoms. The number of carbonyl (C=O) groups is 1. The number of hydrogen-bond donors (Lipinski definition) is 1. The zero-order valence-corrected chi connectivity index (χ0v) is 12.4. The van der Waals surface area contributed by atoms with E-state index in [1.165, 1.54) is 16.7 Å². The van der Waals surface area contributed by atoms with Crippen LogP contribution in [-0.2, 0) is 0 Å². The number of anilines is 1. The van der Waals surface area contributed by atoms with Crippen LogP contribution in [0, 0.1) is 20.8 Å². The molecule has 104 valence electrons. The third-order valence-electron chi connectivity index (χ3n) is 3.56. The van der Waals surface area contributed by atoms with Gasteiger partial charge in [-0.3, -0.25) is 4.79 Å². The molecule has 0 radical (unpaired) electrons. The van der Waals surface area contributed by atoms with Crippen LogP contribution in [0.2, 0.25) is 0 Å². The number of aryl methyl sites for hydroxylation is 3. The van der Waals surface area contributed by atoms with Crippen LogP contribution in [0.4, 0.5) is 5.69 Å². The van der Waals surface area contributed by atoms with Crippen LogP contribution >= 0.6 is 0 Å². The van der Waals surface area contributed by atoms with Crippen molar-refractivity contribution in [2.75, 3.05) is 11.9 Å². The monoisotopic (exact) mass is 267 g/mol. The van der Waals surface area contributed by atoms with Crippen molar-refractivity contribution in [3.05, 3.63) is 64.7 Å². The van der Waals surface area contributed by atoms with Crippen molar-refractivity contribution in [3.8, 4) is 0 Å². The molecule has 0 aliphatic heterocycles. The first-order valence-electron chi connectivity index (χ1n) is 6.97. The first kappa shape index (κ1) is 14.3. The van der Waals surface area contributed by atoms with Gasteiger partial charge in [-0.1, -0.05) is 29.8 Å². The molecule has 20 heavy (non-hydrogen) atoms. The standard InChI is InChI=1S/C18H21NO/c1-13-4-8-17(9-5-13)19-11-10-18(20)16-7-6-14(2)15(3)12-16/h4-9,12,19H,10-11H2,1-3H3. The third kappa shape index (κ3) is 3.70. The molecule has 0 heterocycles. The van der Waals surface area contributed by atoms with Crippen LogP contribution < -0.4 is 5.32 Å². The zero-order chi connectivity index (χ0) is 14.5. The van der Waals surface area contributed by atoms with Crippen molar-refractivity contribution in [1.29, 1.82) is 0 Å². The molecule has 2 aromatic carbocycles. The second-order valence-corrected chi connectivity index (χ2v) is 5.27. The molecule has 2 heteroatoms. The molecule has 0 fully saturated rings. The van der Waals surface area contributed by atoms with Crippen molar-refractivity contribution in [1.82, 2.24) is 0 Å². The van der Waals surface area contributed by atoms with E-state index in [0.717, 1.165) is 11.3 Å². The Morgan fingerprint density at radius 2 is 1.65 bits per heavy atom. The van der Waals surface area contributed by atoms with Gasteiger partial charge in [0.25, 0.3) is 0 Å². The van der Waals surface area contributed by atoms with Gasteiger partial charge in [0, 0.05) is 24.2 Å². The number of hydrogen-bond acceptors (Lipinski definition) is 2. The Balaban J connectivity index is 1.88. The molecule has 0 saturated carbocycles. The van der Waals surface area contributed by atoms with Gasteiger partial charge in [-0.25, -0.2) is 0 Å². The zero-order valence-electron chi connectivity index (χ0n) is 12.4. The quantitative estimate of drug-likeness (QED) is 0.818. The van der Waals surface area contributed by atoms with Gasteiger partial charge in [0.15, 0.2) is 5.78 Å². The van der Waals surface area contributed by atoms with Crippen LogP contribution in [-0.4, -0.2) is 12.3 Å². The Hall–Kier alpha value is -2.09. The summed E-state index contributed by atoms with van der Waals surface area (Å²) in [5, 5.41) is 3.28. The van der Waals surface area contributed by atoms with Crippen LogP contribution in [0.25, 0.3) is 0 Å². The van der Waals surface area contributed by atoms with Gasteiger partial charge < -0.3 is 5.32 Å². The van der Waals surface area contributed by atoms with E-state index in [2.05, 4.69) is 31.3 Å². The molecule has 0 atom stereocenters. The summed E-state index contributed by atoms with van der Waals surface area (Å²) in [6.07, 6.45) is 0.510. The summed E-state index contributed by atoms with van der Waals surface area (Å²) in [6.45, 7) is 6.82. The van der Waals surface area contributed by atoms with E-state index < -0.39 is 0 Å². The molecule has 0 saturated heterocycles. The smallest absolute Gasteiger partial charge is 0.164 e. The highest BCUT2D eigenvalue weighted by atomic mass is 16.1. The number of rotatable bonds is 5. The van der Waals surface area contributed by atoms with Crippen LogP contribution in [0.15, 0.2) is 42.5 Å². The highest BCUT2D eigenvalue weighted by molar-refractivity contribution is 5.96. The van der Waals surface area contributed by atoms with Crippen LogP contribution in [0.5, 0.6) is 0 Å². The molecule has 2 nitrogen and oxygen atoms in total. The van der Waals surface area contributed by atoms with E-state index in [1.807, 2.05) is 37.3 Å². The van der Waals surface area contributed by atoms with Crippen molar-refractivity contribution in [3.63, 3.8) is 0 Å². The van der Waals surface area contributed by atoms with Crippen molar-refractivity contribution < 1.29 is 4.79 Å². The summed E-state index contributed by atoms with van der Waals surface area (Å²) < 4.78 is 0. The van der Waals surface area contributed by atoms with Crippen molar-refractivity contribution in [2.24, 2.45) is 0 Å². The fraction of sp³-hybridized carbons (Fsp3) is 0.278. The molecular weight excluding hydrogens is 246 g/mol. The van der Waals surface area contributed by atoms with Gasteiger partial charge in [-0.2, -0.15) is 0 Å². The fourth-order valence-corrected chi connectivity index (χ4v) is 2.05. The van der Waals surface area contributed by atoms with Crippen LogP contribution in [0.1, 0.15) is 33.5 Å². The number of Topliss-reactive ketones (excluding diaryl/α,β-unsaturated/α-hetero) is 1. The topological polar surface area (TPSA) is 29.1 Å². The highest BCUT2D eigenvalue weighted by Crippen LogP contribution is 2.12. The van der Waals surface area contributed by atoms with E-state index in [0.29, 0.717) is 13.0 Å². The van der Waals surface area contributed by atoms with Crippen molar-refractivity contribution in [2.45, 2.75) is 27.2 Å². The molecular formula is C18H21NO. The fourth-order valence-electron chi connectivity index (χ4n) is 2.05. The SMILES string of the molecule is Cc1ccc(NCCC(=O)c2ccc(C)c(C)c2)cc1. The van der Waals surface area contributed by atoms with Gasteiger partial charge in [0.05, 0.1) is 0 Å². The Morgan fingerprint density at radius 1 is 0.950 bits per heavy atom. The van der Waals surface area contributed by atoms with E-state index in [1.54, 1.807) is 0 Å². The minimum absolute atomic E-state index is 0.188. The maximum absolute atomic E-state index is 12.1. The summed E-state index contributed by atoms with van der Waals surface area (Å²) in [6, 6.07) is 14.1.